The second-order valence-electron chi connectivity index (χ2n) is 7.74. The number of carbonyl (C=O) groups is 1. The molecule has 0 fully saturated rings. The zero-order chi connectivity index (χ0) is 23.2. The van der Waals surface area contributed by atoms with Crippen molar-refractivity contribution in [2.24, 2.45) is 0 Å². The van der Waals surface area contributed by atoms with Crippen LogP contribution < -0.4 is 14.4 Å². The Hall–Kier alpha value is -3.10. The molecule has 4 rings (SSSR count). The average molecular weight is 501 g/mol. The second kappa shape index (κ2) is 11.9. The Labute approximate surface area is 209 Å². The summed E-state index contributed by atoms with van der Waals surface area (Å²) in [7, 11) is 0. The van der Waals surface area contributed by atoms with Crippen molar-refractivity contribution in [1.82, 2.24) is 14.5 Å². The fraction of sp³-hybridized carbons (Fsp3) is 0.320. The smallest absolute Gasteiger partial charge is 0.266 e. The SMILES string of the molecule is CCOc1ccc(OCC(=O)N(CCCn2ccnc2)c2nc3c(C)c(C)ccc3s2)cc1.Cl. The molecule has 0 bridgehead atoms. The van der Waals surface area contributed by atoms with Crippen LogP contribution in [0.4, 0.5) is 5.13 Å². The molecule has 0 unspecified atom stereocenters. The van der Waals surface area contributed by atoms with Crippen LogP contribution in [-0.2, 0) is 11.3 Å². The van der Waals surface area contributed by atoms with Gasteiger partial charge in [-0.3, -0.25) is 9.69 Å². The summed E-state index contributed by atoms with van der Waals surface area (Å²) in [6, 6.07) is 11.5. The van der Waals surface area contributed by atoms with E-state index in [2.05, 4.69) is 31.0 Å². The van der Waals surface area contributed by atoms with Crippen LogP contribution in [-0.4, -0.2) is 40.2 Å². The number of hydrogen-bond donors (Lipinski definition) is 0. The Kier molecular flexibility index (Phi) is 8.90. The highest BCUT2D eigenvalue weighted by Crippen LogP contribution is 2.32. The van der Waals surface area contributed by atoms with E-state index in [1.165, 1.54) is 16.9 Å². The molecule has 1 amide bonds. The Morgan fingerprint density at radius 1 is 1.09 bits per heavy atom. The van der Waals surface area contributed by atoms with E-state index in [0.717, 1.165) is 34.5 Å². The summed E-state index contributed by atoms with van der Waals surface area (Å²) >= 11 is 1.54. The van der Waals surface area contributed by atoms with Gasteiger partial charge in [0.2, 0.25) is 0 Å². The minimum absolute atomic E-state index is 0. The van der Waals surface area contributed by atoms with Gasteiger partial charge in [-0.05, 0) is 68.7 Å². The number of hydrogen-bond acceptors (Lipinski definition) is 6. The number of fused-ring (bicyclic) bond motifs is 1. The maximum Gasteiger partial charge on any atom is 0.266 e. The number of rotatable bonds is 10. The molecule has 2 aromatic carbocycles. The van der Waals surface area contributed by atoms with Crippen LogP contribution in [0.1, 0.15) is 24.5 Å². The van der Waals surface area contributed by atoms with E-state index in [1.807, 2.05) is 42.0 Å². The van der Waals surface area contributed by atoms with Gasteiger partial charge >= 0.3 is 0 Å². The van der Waals surface area contributed by atoms with E-state index in [9.17, 15) is 4.79 Å². The number of anilines is 1. The first kappa shape index (κ1) is 25.5. The molecule has 4 aromatic rings. The monoisotopic (exact) mass is 500 g/mol. The van der Waals surface area contributed by atoms with Crippen molar-refractivity contribution < 1.29 is 14.3 Å². The number of aromatic nitrogens is 3. The molecule has 0 saturated heterocycles. The van der Waals surface area contributed by atoms with Gasteiger partial charge in [0.05, 0.1) is 23.2 Å². The van der Waals surface area contributed by atoms with Crippen LogP contribution in [0.25, 0.3) is 10.2 Å². The average Bonchev–Trinajstić information content (AvgIpc) is 3.49. The third-order valence-corrected chi connectivity index (χ3v) is 6.50. The fourth-order valence-corrected chi connectivity index (χ4v) is 4.58. The van der Waals surface area contributed by atoms with E-state index < -0.39 is 0 Å². The number of carbonyl (C=O) groups excluding carboxylic acids is 1. The summed E-state index contributed by atoms with van der Waals surface area (Å²) in [5.74, 6) is 1.28. The van der Waals surface area contributed by atoms with E-state index >= 15 is 0 Å². The predicted octanol–water partition coefficient (Wildman–Crippen LogP) is 5.43. The van der Waals surface area contributed by atoms with Crippen LogP contribution in [0.5, 0.6) is 11.5 Å². The van der Waals surface area contributed by atoms with Gasteiger partial charge in [-0.2, -0.15) is 0 Å². The first-order valence-corrected chi connectivity index (χ1v) is 11.9. The van der Waals surface area contributed by atoms with Crippen molar-refractivity contribution in [3.8, 4) is 11.5 Å². The van der Waals surface area contributed by atoms with Gasteiger partial charge in [0.15, 0.2) is 11.7 Å². The van der Waals surface area contributed by atoms with Gasteiger partial charge in [0.25, 0.3) is 5.91 Å². The fourth-order valence-electron chi connectivity index (χ4n) is 3.51. The molecule has 0 atom stereocenters. The van der Waals surface area contributed by atoms with Gasteiger partial charge in [0, 0.05) is 25.5 Å². The van der Waals surface area contributed by atoms with Crippen molar-refractivity contribution in [2.45, 2.75) is 33.7 Å². The second-order valence-corrected chi connectivity index (χ2v) is 8.75. The molecule has 0 saturated carbocycles. The van der Waals surface area contributed by atoms with Gasteiger partial charge in [-0.15, -0.1) is 12.4 Å². The van der Waals surface area contributed by atoms with Crippen LogP contribution in [0, 0.1) is 13.8 Å². The number of thiazole rings is 1. The molecule has 180 valence electrons. The van der Waals surface area contributed by atoms with E-state index in [1.54, 1.807) is 17.4 Å². The number of ether oxygens (including phenoxy) is 2. The van der Waals surface area contributed by atoms with Gasteiger partial charge in [-0.1, -0.05) is 17.4 Å². The molecule has 0 aliphatic carbocycles. The topological polar surface area (TPSA) is 69.5 Å². The number of nitrogens with zero attached hydrogens (tertiary/aromatic N) is 4. The van der Waals surface area contributed by atoms with E-state index in [4.69, 9.17) is 14.5 Å². The Bertz CT molecular complexity index is 1210. The van der Waals surface area contributed by atoms with E-state index in [0.29, 0.717) is 24.0 Å². The van der Waals surface area contributed by atoms with Crippen LogP contribution in [0.2, 0.25) is 0 Å². The van der Waals surface area contributed by atoms with Crippen molar-refractivity contribution >= 4 is 45.0 Å². The molecule has 0 aliphatic heterocycles. The van der Waals surface area contributed by atoms with Crippen molar-refractivity contribution in [1.29, 1.82) is 0 Å². The summed E-state index contributed by atoms with van der Waals surface area (Å²) in [5.41, 5.74) is 3.29. The normalized spacial score (nSPS) is 10.7. The number of amides is 1. The Morgan fingerprint density at radius 3 is 2.50 bits per heavy atom. The Morgan fingerprint density at radius 2 is 1.82 bits per heavy atom. The highest BCUT2D eigenvalue weighted by Gasteiger charge is 2.21. The maximum atomic E-state index is 13.2. The van der Waals surface area contributed by atoms with Gasteiger partial charge in [0.1, 0.15) is 11.5 Å². The third-order valence-electron chi connectivity index (χ3n) is 5.46. The Balaban J connectivity index is 0.00000324. The highest BCUT2D eigenvalue weighted by molar-refractivity contribution is 7.22. The molecule has 7 nitrogen and oxygen atoms in total. The minimum Gasteiger partial charge on any atom is -0.494 e. The summed E-state index contributed by atoms with van der Waals surface area (Å²) in [6.45, 7) is 7.94. The lowest BCUT2D eigenvalue weighted by Crippen LogP contribution is -2.36. The summed E-state index contributed by atoms with van der Waals surface area (Å²) in [5, 5.41) is 0.699. The summed E-state index contributed by atoms with van der Waals surface area (Å²) in [4.78, 5) is 23.9. The predicted molar refractivity (Wildman–Crippen MR) is 139 cm³/mol. The minimum atomic E-state index is -0.122. The molecule has 0 N–H and O–H groups in total. The number of benzene rings is 2. The third kappa shape index (κ3) is 6.07. The first-order chi connectivity index (χ1) is 16.0. The standard InChI is InChI=1S/C25H28N4O3S.ClH/c1-4-31-20-7-9-21(10-8-20)32-16-23(30)29(14-5-13-28-15-12-26-17-28)25-27-24-19(3)18(2)6-11-22(24)33-25;/h6-12,15,17H,4-5,13-14,16H2,1-3H3;1H. The lowest BCUT2D eigenvalue weighted by molar-refractivity contribution is -0.120. The van der Waals surface area contributed by atoms with Crippen molar-refractivity contribution in [3.05, 3.63) is 66.2 Å². The van der Waals surface area contributed by atoms with Crippen LogP contribution in [0.15, 0.2) is 55.1 Å². The molecule has 2 heterocycles. The molecule has 0 spiro atoms. The molecule has 9 heteroatoms. The summed E-state index contributed by atoms with van der Waals surface area (Å²) < 4.78 is 14.3. The number of imidazole rings is 1. The van der Waals surface area contributed by atoms with Crippen molar-refractivity contribution in [3.63, 3.8) is 0 Å². The number of halogens is 1. The zero-order valence-corrected chi connectivity index (χ0v) is 21.2. The number of aryl methyl sites for hydroxylation is 3. The largest absolute Gasteiger partial charge is 0.494 e. The first-order valence-electron chi connectivity index (χ1n) is 11.0. The van der Waals surface area contributed by atoms with E-state index in [-0.39, 0.29) is 24.9 Å². The quantitative estimate of drug-likeness (QED) is 0.290. The molecule has 0 radical (unpaired) electrons. The molecule has 34 heavy (non-hydrogen) atoms. The lowest BCUT2D eigenvalue weighted by Gasteiger charge is -2.20. The maximum absolute atomic E-state index is 13.2. The van der Waals surface area contributed by atoms with Gasteiger partial charge in [-0.25, -0.2) is 9.97 Å². The van der Waals surface area contributed by atoms with Crippen LogP contribution in [0.3, 0.4) is 0 Å². The molecule has 0 aliphatic rings. The molecule has 2 aromatic heterocycles. The zero-order valence-electron chi connectivity index (χ0n) is 19.6. The lowest BCUT2D eigenvalue weighted by atomic mass is 10.1. The van der Waals surface area contributed by atoms with Crippen LogP contribution >= 0.6 is 23.7 Å². The van der Waals surface area contributed by atoms with Gasteiger partial charge < -0.3 is 14.0 Å². The summed E-state index contributed by atoms with van der Waals surface area (Å²) in [6.07, 6.45) is 6.24. The molecular formula is C25H29ClN4O3S. The molecular weight excluding hydrogens is 472 g/mol. The highest BCUT2D eigenvalue weighted by atomic mass is 35.5. The van der Waals surface area contributed by atoms with Crippen molar-refractivity contribution in [2.75, 3.05) is 24.7 Å².